The molecule has 0 amide bonds. The molecule has 0 spiro atoms. The Kier molecular flexibility index (Phi) is 10.6. The molecule has 0 aromatic carbocycles. The summed E-state index contributed by atoms with van der Waals surface area (Å²) >= 11 is 0. The predicted octanol–water partition coefficient (Wildman–Crippen LogP) is 2.04. The SMILES string of the molecule is CN=C(NCCCN1CCCCCC1)NCc1ccc(OCCOC)nc1. The Hall–Kier alpha value is -1.86. The highest BCUT2D eigenvalue weighted by atomic mass is 16.5. The lowest BCUT2D eigenvalue weighted by atomic mass is 10.2. The standard InChI is InChI=1S/C20H35N5O2/c1-21-20(22-10-7-13-25-11-5-3-4-6-12-25)24-17-18-8-9-19(23-16-18)27-15-14-26-2/h8-9,16H,3-7,10-15,17H2,1-2H3,(H2,21,22,24). The Morgan fingerprint density at radius 3 is 2.63 bits per heavy atom. The normalized spacial score (nSPS) is 16.0. The van der Waals surface area contributed by atoms with E-state index in [2.05, 4.69) is 25.5 Å². The van der Waals surface area contributed by atoms with Crippen molar-refractivity contribution in [2.75, 3.05) is 53.6 Å². The van der Waals surface area contributed by atoms with Crippen molar-refractivity contribution in [3.05, 3.63) is 23.9 Å². The number of nitrogens with zero attached hydrogens (tertiary/aromatic N) is 3. The fourth-order valence-corrected chi connectivity index (χ4v) is 3.11. The molecule has 0 unspecified atom stereocenters. The molecule has 2 heterocycles. The molecule has 0 radical (unpaired) electrons. The van der Waals surface area contributed by atoms with Gasteiger partial charge in [-0.2, -0.15) is 0 Å². The Labute approximate surface area is 163 Å². The number of aliphatic imine (C=N–C) groups is 1. The molecule has 1 aromatic rings. The summed E-state index contributed by atoms with van der Waals surface area (Å²) in [6, 6.07) is 3.89. The first kappa shape index (κ1) is 21.4. The lowest BCUT2D eigenvalue weighted by Gasteiger charge is -2.20. The van der Waals surface area contributed by atoms with Crippen LogP contribution in [0.15, 0.2) is 23.3 Å². The average molecular weight is 378 g/mol. The van der Waals surface area contributed by atoms with Crippen molar-refractivity contribution in [1.29, 1.82) is 0 Å². The topological polar surface area (TPSA) is 71.0 Å². The van der Waals surface area contributed by atoms with Gasteiger partial charge in [0.1, 0.15) is 6.61 Å². The van der Waals surface area contributed by atoms with E-state index in [-0.39, 0.29) is 0 Å². The number of aromatic nitrogens is 1. The first-order valence-electron chi connectivity index (χ1n) is 10.1. The molecule has 1 aliphatic heterocycles. The number of hydrogen-bond acceptors (Lipinski definition) is 5. The van der Waals surface area contributed by atoms with Crippen molar-refractivity contribution in [2.45, 2.75) is 38.6 Å². The molecule has 27 heavy (non-hydrogen) atoms. The molecular weight excluding hydrogens is 342 g/mol. The van der Waals surface area contributed by atoms with Gasteiger partial charge in [-0.25, -0.2) is 4.98 Å². The van der Waals surface area contributed by atoms with E-state index >= 15 is 0 Å². The Balaban J connectivity index is 1.61. The van der Waals surface area contributed by atoms with Gasteiger partial charge >= 0.3 is 0 Å². The maximum absolute atomic E-state index is 5.47. The lowest BCUT2D eigenvalue weighted by molar-refractivity contribution is 0.143. The van der Waals surface area contributed by atoms with Crippen molar-refractivity contribution in [2.24, 2.45) is 4.99 Å². The van der Waals surface area contributed by atoms with Gasteiger partial charge in [0.25, 0.3) is 0 Å². The van der Waals surface area contributed by atoms with Crippen LogP contribution in [0.1, 0.15) is 37.7 Å². The summed E-state index contributed by atoms with van der Waals surface area (Å²) in [5, 5.41) is 6.72. The van der Waals surface area contributed by atoms with Gasteiger partial charge in [0.15, 0.2) is 5.96 Å². The van der Waals surface area contributed by atoms with Crippen molar-refractivity contribution in [3.8, 4) is 5.88 Å². The molecule has 2 N–H and O–H groups in total. The van der Waals surface area contributed by atoms with Crippen molar-refractivity contribution >= 4 is 5.96 Å². The largest absolute Gasteiger partial charge is 0.475 e. The summed E-state index contributed by atoms with van der Waals surface area (Å²) in [6.07, 6.45) is 8.43. The zero-order valence-electron chi connectivity index (χ0n) is 16.9. The summed E-state index contributed by atoms with van der Waals surface area (Å²) in [5.74, 6) is 1.44. The van der Waals surface area contributed by atoms with Gasteiger partial charge in [0.2, 0.25) is 5.88 Å². The fraction of sp³-hybridized carbons (Fsp3) is 0.700. The van der Waals surface area contributed by atoms with Crippen LogP contribution in [0.5, 0.6) is 5.88 Å². The molecule has 7 nitrogen and oxygen atoms in total. The molecule has 7 heteroatoms. The molecule has 0 atom stereocenters. The van der Waals surface area contributed by atoms with Crippen LogP contribution < -0.4 is 15.4 Å². The molecular formula is C20H35N5O2. The summed E-state index contributed by atoms with van der Waals surface area (Å²) in [7, 11) is 3.45. The Morgan fingerprint density at radius 1 is 1.15 bits per heavy atom. The number of ether oxygens (including phenoxy) is 2. The minimum Gasteiger partial charge on any atom is -0.475 e. The van der Waals surface area contributed by atoms with Crippen LogP contribution in [0.3, 0.4) is 0 Å². The average Bonchev–Trinajstić information content (AvgIpc) is 2.97. The highest BCUT2D eigenvalue weighted by molar-refractivity contribution is 5.79. The van der Waals surface area contributed by atoms with E-state index in [1.165, 1.54) is 45.3 Å². The molecule has 1 aromatic heterocycles. The van der Waals surface area contributed by atoms with Crippen LogP contribution in [-0.4, -0.2) is 69.4 Å². The second-order valence-corrected chi connectivity index (χ2v) is 6.81. The van der Waals surface area contributed by atoms with Crippen LogP contribution in [-0.2, 0) is 11.3 Å². The van der Waals surface area contributed by atoms with Gasteiger partial charge in [-0.3, -0.25) is 4.99 Å². The summed E-state index contributed by atoms with van der Waals surface area (Å²) in [6.45, 7) is 6.35. The third kappa shape index (κ3) is 9.06. The van der Waals surface area contributed by atoms with E-state index in [1.54, 1.807) is 14.2 Å². The van der Waals surface area contributed by atoms with Crippen LogP contribution in [0, 0.1) is 0 Å². The van der Waals surface area contributed by atoms with Gasteiger partial charge < -0.3 is 25.0 Å². The molecule has 0 bridgehead atoms. The summed E-state index contributed by atoms with van der Waals surface area (Å²) < 4.78 is 10.4. The van der Waals surface area contributed by atoms with Gasteiger partial charge in [0, 0.05) is 39.5 Å². The zero-order chi connectivity index (χ0) is 19.2. The maximum atomic E-state index is 5.47. The van der Waals surface area contributed by atoms with Crippen molar-refractivity contribution < 1.29 is 9.47 Å². The van der Waals surface area contributed by atoms with E-state index in [0.717, 1.165) is 24.5 Å². The summed E-state index contributed by atoms with van der Waals surface area (Å²) in [4.78, 5) is 11.2. The van der Waals surface area contributed by atoms with E-state index in [9.17, 15) is 0 Å². The maximum Gasteiger partial charge on any atom is 0.213 e. The third-order valence-electron chi connectivity index (χ3n) is 4.66. The van der Waals surface area contributed by atoms with Crippen LogP contribution in [0.2, 0.25) is 0 Å². The van der Waals surface area contributed by atoms with Gasteiger partial charge in [-0.05, 0) is 44.5 Å². The number of guanidine groups is 1. The van der Waals surface area contributed by atoms with E-state index in [1.807, 2.05) is 18.3 Å². The smallest absolute Gasteiger partial charge is 0.213 e. The van der Waals surface area contributed by atoms with Gasteiger partial charge in [-0.1, -0.05) is 18.9 Å². The zero-order valence-corrected chi connectivity index (χ0v) is 16.9. The highest BCUT2D eigenvalue weighted by Gasteiger charge is 2.08. The second kappa shape index (κ2) is 13.3. The van der Waals surface area contributed by atoms with Gasteiger partial charge in [0.05, 0.1) is 6.61 Å². The minimum atomic E-state index is 0.509. The van der Waals surface area contributed by atoms with Crippen LogP contribution in [0.25, 0.3) is 0 Å². The Bertz CT molecular complexity index is 528. The highest BCUT2D eigenvalue weighted by Crippen LogP contribution is 2.09. The molecule has 1 aliphatic rings. The number of pyridine rings is 1. The first-order chi connectivity index (χ1) is 13.3. The minimum absolute atomic E-state index is 0.509. The van der Waals surface area contributed by atoms with E-state index in [0.29, 0.717) is 25.6 Å². The lowest BCUT2D eigenvalue weighted by Crippen LogP contribution is -2.38. The molecule has 1 saturated heterocycles. The summed E-state index contributed by atoms with van der Waals surface area (Å²) in [5.41, 5.74) is 1.08. The quantitative estimate of drug-likeness (QED) is 0.369. The van der Waals surface area contributed by atoms with Gasteiger partial charge in [-0.15, -0.1) is 0 Å². The number of hydrogen-bond donors (Lipinski definition) is 2. The molecule has 0 saturated carbocycles. The third-order valence-corrected chi connectivity index (χ3v) is 4.66. The molecule has 2 rings (SSSR count). The van der Waals surface area contributed by atoms with Crippen molar-refractivity contribution in [3.63, 3.8) is 0 Å². The molecule has 152 valence electrons. The van der Waals surface area contributed by atoms with Crippen LogP contribution >= 0.6 is 0 Å². The number of methoxy groups -OCH3 is 1. The Morgan fingerprint density at radius 2 is 1.96 bits per heavy atom. The predicted molar refractivity (Wildman–Crippen MR) is 109 cm³/mol. The van der Waals surface area contributed by atoms with E-state index < -0.39 is 0 Å². The van der Waals surface area contributed by atoms with Crippen LogP contribution in [0.4, 0.5) is 0 Å². The monoisotopic (exact) mass is 377 g/mol. The number of nitrogens with one attached hydrogen (secondary N) is 2. The van der Waals surface area contributed by atoms with E-state index in [4.69, 9.17) is 9.47 Å². The molecule has 0 aliphatic carbocycles. The number of rotatable bonds is 10. The molecule has 1 fully saturated rings. The first-order valence-corrected chi connectivity index (χ1v) is 10.1. The van der Waals surface area contributed by atoms with Crippen molar-refractivity contribution in [1.82, 2.24) is 20.5 Å². The second-order valence-electron chi connectivity index (χ2n) is 6.81. The fourth-order valence-electron chi connectivity index (χ4n) is 3.11. The number of likely N-dealkylation sites (tertiary alicyclic amines) is 1.